The van der Waals surface area contributed by atoms with Crippen molar-refractivity contribution in [2.75, 3.05) is 13.2 Å². The van der Waals surface area contributed by atoms with Gasteiger partial charge in [0.25, 0.3) is 5.91 Å². The number of hydrogen-bond acceptors (Lipinski definition) is 4. The van der Waals surface area contributed by atoms with E-state index >= 15 is 0 Å². The third kappa shape index (κ3) is 5.15. The van der Waals surface area contributed by atoms with E-state index < -0.39 is 0 Å². The van der Waals surface area contributed by atoms with Crippen molar-refractivity contribution in [1.29, 1.82) is 5.26 Å². The maximum absolute atomic E-state index is 12.6. The molecule has 1 amide bonds. The fourth-order valence-corrected chi connectivity index (χ4v) is 3.60. The molecule has 4 nitrogen and oxygen atoms in total. The number of rotatable bonds is 7. The number of aryl methyl sites for hydroxylation is 1. The highest BCUT2D eigenvalue weighted by atomic mass is 32.2. The molecule has 0 aromatic heterocycles. The van der Waals surface area contributed by atoms with E-state index in [0.717, 1.165) is 15.5 Å². The number of ether oxygens (including phenoxy) is 1. The van der Waals surface area contributed by atoms with Crippen LogP contribution in [0.2, 0.25) is 0 Å². The van der Waals surface area contributed by atoms with Gasteiger partial charge in [-0.3, -0.25) is 4.79 Å². The SMILES string of the molecule is Cc1ccc(OCCNC(=O)c2ccccc2Sc2ccccc2C#N)cc1. The minimum absolute atomic E-state index is 0.162. The predicted octanol–water partition coefficient (Wildman–Crippen LogP) is 4.83. The monoisotopic (exact) mass is 388 g/mol. The van der Waals surface area contributed by atoms with Gasteiger partial charge in [0.05, 0.1) is 17.7 Å². The highest BCUT2D eigenvalue weighted by Gasteiger charge is 2.13. The zero-order chi connectivity index (χ0) is 19.8. The Morgan fingerprint density at radius 1 is 1.00 bits per heavy atom. The fourth-order valence-electron chi connectivity index (χ4n) is 2.57. The molecule has 0 saturated heterocycles. The second kappa shape index (κ2) is 9.63. The van der Waals surface area contributed by atoms with Gasteiger partial charge in [-0.15, -0.1) is 0 Å². The van der Waals surface area contributed by atoms with Gasteiger partial charge in [0.15, 0.2) is 0 Å². The molecule has 0 aliphatic heterocycles. The van der Waals surface area contributed by atoms with Gasteiger partial charge in [0.2, 0.25) is 0 Å². The summed E-state index contributed by atoms with van der Waals surface area (Å²) in [5.41, 5.74) is 2.34. The number of hydrogen-bond donors (Lipinski definition) is 1. The number of amides is 1. The van der Waals surface area contributed by atoms with Crippen molar-refractivity contribution < 1.29 is 9.53 Å². The number of carbonyl (C=O) groups excluding carboxylic acids is 1. The van der Waals surface area contributed by atoms with Gasteiger partial charge >= 0.3 is 0 Å². The second-order valence-electron chi connectivity index (χ2n) is 6.12. The van der Waals surface area contributed by atoms with E-state index in [9.17, 15) is 10.1 Å². The van der Waals surface area contributed by atoms with Crippen molar-refractivity contribution >= 4 is 17.7 Å². The Labute approximate surface area is 169 Å². The minimum Gasteiger partial charge on any atom is -0.492 e. The molecular weight excluding hydrogens is 368 g/mol. The molecular formula is C23H20N2O2S. The van der Waals surface area contributed by atoms with E-state index in [1.807, 2.05) is 67.6 Å². The van der Waals surface area contributed by atoms with E-state index in [4.69, 9.17) is 4.74 Å². The summed E-state index contributed by atoms with van der Waals surface area (Å²) in [7, 11) is 0. The molecule has 0 saturated carbocycles. The summed E-state index contributed by atoms with van der Waals surface area (Å²) in [6, 6.07) is 24.7. The summed E-state index contributed by atoms with van der Waals surface area (Å²) >= 11 is 1.42. The minimum atomic E-state index is -0.162. The Balaban J connectivity index is 1.61. The lowest BCUT2D eigenvalue weighted by Gasteiger charge is -2.11. The maximum Gasteiger partial charge on any atom is 0.252 e. The maximum atomic E-state index is 12.6. The number of nitrogens with one attached hydrogen (secondary N) is 1. The van der Waals surface area contributed by atoms with Gasteiger partial charge in [-0.1, -0.05) is 53.7 Å². The molecule has 0 heterocycles. The predicted molar refractivity (Wildman–Crippen MR) is 111 cm³/mol. The molecule has 3 rings (SSSR count). The van der Waals surface area contributed by atoms with Gasteiger partial charge in [-0.05, 0) is 43.3 Å². The van der Waals surface area contributed by atoms with Crippen LogP contribution in [0.25, 0.3) is 0 Å². The molecule has 0 spiro atoms. The van der Waals surface area contributed by atoms with Crippen molar-refractivity contribution in [2.45, 2.75) is 16.7 Å². The first-order valence-electron chi connectivity index (χ1n) is 8.91. The van der Waals surface area contributed by atoms with Gasteiger partial charge in [0.1, 0.15) is 18.4 Å². The quantitative estimate of drug-likeness (QED) is 0.589. The first-order valence-corrected chi connectivity index (χ1v) is 9.72. The second-order valence-corrected chi connectivity index (χ2v) is 7.21. The van der Waals surface area contributed by atoms with Gasteiger partial charge in [-0.2, -0.15) is 5.26 Å². The summed E-state index contributed by atoms with van der Waals surface area (Å²) in [5, 5.41) is 12.2. The van der Waals surface area contributed by atoms with Crippen LogP contribution in [-0.4, -0.2) is 19.1 Å². The lowest BCUT2D eigenvalue weighted by molar-refractivity contribution is 0.0944. The molecule has 5 heteroatoms. The van der Waals surface area contributed by atoms with Gasteiger partial charge < -0.3 is 10.1 Å². The van der Waals surface area contributed by atoms with E-state index in [1.54, 1.807) is 12.1 Å². The third-order valence-corrected chi connectivity index (χ3v) is 5.19. The summed E-state index contributed by atoms with van der Waals surface area (Å²) in [6.45, 7) is 2.82. The van der Waals surface area contributed by atoms with Gasteiger partial charge in [0, 0.05) is 9.79 Å². The molecule has 0 aliphatic carbocycles. The van der Waals surface area contributed by atoms with E-state index in [-0.39, 0.29) is 5.91 Å². The first-order chi connectivity index (χ1) is 13.7. The molecule has 0 atom stereocenters. The normalized spacial score (nSPS) is 10.1. The molecule has 3 aromatic carbocycles. The van der Waals surface area contributed by atoms with Gasteiger partial charge in [-0.25, -0.2) is 0 Å². The van der Waals surface area contributed by atoms with Crippen molar-refractivity contribution in [3.05, 3.63) is 89.5 Å². The summed E-state index contributed by atoms with van der Waals surface area (Å²) < 4.78 is 5.65. The van der Waals surface area contributed by atoms with Crippen molar-refractivity contribution in [3.63, 3.8) is 0 Å². The van der Waals surface area contributed by atoms with E-state index in [2.05, 4.69) is 11.4 Å². The smallest absolute Gasteiger partial charge is 0.252 e. The number of nitriles is 1. The molecule has 0 fully saturated rings. The van der Waals surface area contributed by atoms with Crippen LogP contribution in [0.4, 0.5) is 0 Å². The van der Waals surface area contributed by atoms with Crippen LogP contribution >= 0.6 is 11.8 Å². The molecule has 0 radical (unpaired) electrons. The Bertz CT molecular complexity index is 994. The zero-order valence-corrected chi connectivity index (χ0v) is 16.3. The lowest BCUT2D eigenvalue weighted by Crippen LogP contribution is -2.28. The van der Waals surface area contributed by atoms with E-state index in [0.29, 0.717) is 24.3 Å². The molecule has 1 N–H and O–H groups in total. The molecule has 3 aromatic rings. The number of nitrogens with zero attached hydrogens (tertiary/aromatic N) is 1. The molecule has 0 unspecified atom stereocenters. The van der Waals surface area contributed by atoms with Crippen LogP contribution in [0.3, 0.4) is 0 Å². The lowest BCUT2D eigenvalue weighted by atomic mass is 10.2. The average Bonchev–Trinajstić information content (AvgIpc) is 2.73. The van der Waals surface area contributed by atoms with Crippen LogP contribution in [0.5, 0.6) is 5.75 Å². The topological polar surface area (TPSA) is 62.1 Å². The summed E-state index contributed by atoms with van der Waals surface area (Å²) in [5.74, 6) is 0.619. The molecule has 140 valence electrons. The third-order valence-electron chi connectivity index (χ3n) is 4.04. The Hall–Kier alpha value is -3.23. The number of carbonyl (C=O) groups is 1. The fraction of sp³-hybridized carbons (Fsp3) is 0.130. The van der Waals surface area contributed by atoms with Crippen molar-refractivity contribution in [1.82, 2.24) is 5.32 Å². The Kier molecular flexibility index (Phi) is 6.72. The van der Waals surface area contributed by atoms with Crippen LogP contribution in [0, 0.1) is 18.3 Å². The largest absolute Gasteiger partial charge is 0.492 e. The van der Waals surface area contributed by atoms with E-state index in [1.165, 1.54) is 17.3 Å². The number of benzene rings is 3. The Morgan fingerprint density at radius 3 is 2.43 bits per heavy atom. The molecule has 0 aliphatic rings. The standard InChI is InChI=1S/C23H20N2O2S/c1-17-10-12-19(13-11-17)27-15-14-25-23(26)20-7-3-5-9-22(20)28-21-8-4-2-6-18(21)16-24/h2-13H,14-15H2,1H3,(H,25,26). The first kappa shape index (κ1) is 19.5. The average molecular weight is 388 g/mol. The molecule has 0 bridgehead atoms. The highest BCUT2D eigenvalue weighted by Crippen LogP contribution is 2.32. The summed E-state index contributed by atoms with van der Waals surface area (Å²) in [4.78, 5) is 14.3. The van der Waals surface area contributed by atoms with Crippen LogP contribution in [0.1, 0.15) is 21.5 Å². The Morgan fingerprint density at radius 2 is 1.68 bits per heavy atom. The highest BCUT2D eigenvalue weighted by molar-refractivity contribution is 7.99. The van der Waals surface area contributed by atoms with Crippen LogP contribution in [-0.2, 0) is 0 Å². The van der Waals surface area contributed by atoms with Crippen molar-refractivity contribution in [3.8, 4) is 11.8 Å². The van der Waals surface area contributed by atoms with Crippen LogP contribution < -0.4 is 10.1 Å². The van der Waals surface area contributed by atoms with Crippen LogP contribution in [0.15, 0.2) is 82.6 Å². The summed E-state index contributed by atoms with van der Waals surface area (Å²) in [6.07, 6.45) is 0. The van der Waals surface area contributed by atoms with Crippen molar-refractivity contribution in [2.24, 2.45) is 0 Å². The zero-order valence-electron chi connectivity index (χ0n) is 15.5. The molecule has 28 heavy (non-hydrogen) atoms.